The molecule has 112 valence electrons. The zero-order valence-electron chi connectivity index (χ0n) is 11.9. The van der Waals surface area contributed by atoms with Crippen LogP contribution in [0.5, 0.6) is 0 Å². The third kappa shape index (κ3) is 2.42. The van der Waals surface area contributed by atoms with Crippen molar-refractivity contribution in [3.63, 3.8) is 0 Å². The first-order valence-electron chi connectivity index (χ1n) is 7.40. The van der Waals surface area contributed by atoms with Gasteiger partial charge in [-0.2, -0.15) is 0 Å². The lowest BCUT2D eigenvalue weighted by molar-refractivity contribution is -0.143. The molecule has 1 aliphatic carbocycles. The first-order chi connectivity index (χ1) is 10.0. The predicted octanol–water partition coefficient (Wildman–Crippen LogP) is 1.47. The fourth-order valence-electron chi connectivity index (χ4n) is 3.51. The molecule has 3 N–H and O–H groups in total. The summed E-state index contributed by atoms with van der Waals surface area (Å²) >= 11 is 0. The van der Waals surface area contributed by atoms with E-state index in [2.05, 4.69) is 0 Å². The smallest absolute Gasteiger partial charge is 0.312 e. The zero-order chi connectivity index (χ0) is 15.0. The summed E-state index contributed by atoms with van der Waals surface area (Å²) in [6, 6.07) is 7.44. The Labute approximate surface area is 123 Å². The zero-order valence-corrected chi connectivity index (χ0v) is 11.9. The Morgan fingerprint density at radius 2 is 1.90 bits per heavy atom. The number of fused-ring (bicyclic) bond motifs is 1. The molecule has 2 aliphatic rings. The van der Waals surface area contributed by atoms with Gasteiger partial charge in [-0.1, -0.05) is 37.1 Å². The Morgan fingerprint density at radius 3 is 2.57 bits per heavy atom. The van der Waals surface area contributed by atoms with Crippen LogP contribution < -0.4 is 5.73 Å². The SMILES string of the molecule is NC1(C(=O)N2Cc3ccccc3C(C(=O)O)C2)CCCC1. The Hall–Kier alpha value is -1.88. The van der Waals surface area contributed by atoms with E-state index < -0.39 is 17.4 Å². The number of amides is 1. The van der Waals surface area contributed by atoms with E-state index in [0.29, 0.717) is 19.4 Å². The fourth-order valence-corrected chi connectivity index (χ4v) is 3.51. The molecule has 21 heavy (non-hydrogen) atoms. The van der Waals surface area contributed by atoms with Gasteiger partial charge in [-0.3, -0.25) is 9.59 Å². The van der Waals surface area contributed by atoms with Crippen LogP contribution in [0.4, 0.5) is 0 Å². The molecule has 1 heterocycles. The molecular weight excluding hydrogens is 268 g/mol. The minimum absolute atomic E-state index is 0.0965. The maximum Gasteiger partial charge on any atom is 0.312 e. The minimum atomic E-state index is -0.891. The molecule has 0 radical (unpaired) electrons. The maximum atomic E-state index is 12.7. The molecule has 3 rings (SSSR count). The van der Waals surface area contributed by atoms with Crippen LogP contribution in [0.25, 0.3) is 0 Å². The molecule has 1 aromatic rings. The molecule has 5 nitrogen and oxygen atoms in total. The fraction of sp³-hybridized carbons (Fsp3) is 0.500. The number of carbonyl (C=O) groups is 2. The number of hydrogen-bond acceptors (Lipinski definition) is 3. The van der Waals surface area contributed by atoms with E-state index in [1.165, 1.54) is 0 Å². The largest absolute Gasteiger partial charge is 0.481 e. The minimum Gasteiger partial charge on any atom is -0.481 e. The first kappa shape index (κ1) is 14.1. The second kappa shape index (κ2) is 5.15. The van der Waals surface area contributed by atoms with Gasteiger partial charge in [-0.15, -0.1) is 0 Å². The number of rotatable bonds is 2. The number of nitrogens with zero attached hydrogens (tertiary/aromatic N) is 1. The molecule has 1 fully saturated rings. The van der Waals surface area contributed by atoms with Crippen LogP contribution >= 0.6 is 0 Å². The maximum absolute atomic E-state index is 12.7. The average molecular weight is 288 g/mol. The van der Waals surface area contributed by atoms with Gasteiger partial charge < -0.3 is 15.7 Å². The monoisotopic (exact) mass is 288 g/mol. The number of carboxylic acid groups (broad SMARTS) is 1. The summed E-state index contributed by atoms with van der Waals surface area (Å²) in [6.45, 7) is 0.669. The van der Waals surface area contributed by atoms with E-state index in [0.717, 1.165) is 24.0 Å². The van der Waals surface area contributed by atoms with Crippen LogP contribution in [0.1, 0.15) is 42.7 Å². The van der Waals surface area contributed by atoms with Gasteiger partial charge in [-0.05, 0) is 24.0 Å². The van der Waals surface area contributed by atoms with Crippen LogP contribution in [0.2, 0.25) is 0 Å². The van der Waals surface area contributed by atoms with E-state index in [1.54, 1.807) is 4.90 Å². The Balaban J connectivity index is 1.89. The van der Waals surface area contributed by atoms with Crippen molar-refractivity contribution in [2.45, 2.75) is 43.7 Å². The summed E-state index contributed by atoms with van der Waals surface area (Å²) in [5, 5.41) is 9.44. The lowest BCUT2D eigenvalue weighted by Crippen LogP contribution is -2.55. The molecule has 1 atom stereocenters. The van der Waals surface area contributed by atoms with Gasteiger partial charge in [0.05, 0.1) is 11.5 Å². The lowest BCUT2D eigenvalue weighted by Gasteiger charge is -2.37. The van der Waals surface area contributed by atoms with Crippen molar-refractivity contribution in [1.29, 1.82) is 0 Å². The van der Waals surface area contributed by atoms with Crippen molar-refractivity contribution in [2.24, 2.45) is 5.73 Å². The second-order valence-electron chi connectivity index (χ2n) is 6.14. The normalized spacial score (nSPS) is 23.7. The molecule has 0 aromatic heterocycles. The van der Waals surface area contributed by atoms with E-state index >= 15 is 0 Å². The van der Waals surface area contributed by atoms with Crippen LogP contribution in [0.3, 0.4) is 0 Å². The molecule has 1 unspecified atom stereocenters. The van der Waals surface area contributed by atoms with Crippen LogP contribution in [-0.2, 0) is 16.1 Å². The van der Waals surface area contributed by atoms with Crippen LogP contribution in [0.15, 0.2) is 24.3 Å². The molecule has 0 bridgehead atoms. The van der Waals surface area contributed by atoms with E-state index in [4.69, 9.17) is 5.73 Å². The van der Waals surface area contributed by atoms with E-state index in [1.807, 2.05) is 24.3 Å². The van der Waals surface area contributed by atoms with Crippen molar-refractivity contribution in [2.75, 3.05) is 6.54 Å². The molecule has 1 amide bonds. The van der Waals surface area contributed by atoms with Gasteiger partial charge in [0.25, 0.3) is 0 Å². The molecule has 1 aromatic carbocycles. The van der Waals surface area contributed by atoms with E-state index in [-0.39, 0.29) is 12.5 Å². The van der Waals surface area contributed by atoms with Gasteiger partial charge in [0, 0.05) is 13.1 Å². The van der Waals surface area contributed by atoms with Crippen molar-refractivity contribution < 1.29 is 14.7 Å². The molecular formula is C16H20N2O3. The van der Waals surface area contributed by atoms with Gasteiger partial charge in [0.15, 0.2) is 0 Å². The average Bonchev–Trinajstić information content (AvgIpc) is 2.93. The summed E-state index contributed by atoms with van der Waals surface area (Å²) in [4.78, 5) is 25.9. The second-order valence-corrected chi connectivity index (χ2v) is 6.14. The third-order valence-electron chi connectivity index (χ3n) is 4.70. The van der Waals surface area contributed by atoms with Crippen LogP contribution in [0, 0.1) is 0 Å². The standard InChI is InChI=1S/C16H20N2O3/c17-16(7-3-4-8-16)15(21)18-9-11-5-1-2-6-12(11)13(10-18)14(19)20/h1-2,5-6,13H,3-4,7-10,17H2,(H,19,20). The molecule has 0 saturated heterocycles. The molecule has 0 spiro atoms. The molecule has 5 heteroatoms. The number of carboxylic acids is 1. The quantitative estimate of drug-likeness (QED) is 0.863. The summed E-state index contributed by atoms with van der Waals surface area (Å²) in [7, 11) is 0. The lowest BCUT2D eigenvalue weighted by atomic mass is 9.88. The summed E-state index contributed by atoms with van der Waals surface area (Å²) in [5.41, 5.74) is 7.16. The number of benzene rings is 1. The molecule has 1 aliphatic heterocycles. The third-order valence-corrected chi connectivity index (χ3v) is 4.70. The summed E-state index contributed by atoms with van der Waals surface area (Å²) < 4.78 is 0. The van der Waals surface area contributed by atoms with E-state index in [9.17, 15) is 14.7 Å². The van der Waals surface area contributed by atoms with Crippen molar-refractivity contribution in [1.82, 2.24) is 4.90 Å². The Bertz CT molecular complexity index is 579. The summed E-state index contributed by atoms with van der Waals surface area (Å²) in [5.74, 6) is -1.65. The number of hydrogen-bond donors (Lipinski definition) is 2. The van der Waals surface area contributed by atoms with Crippen molar-refractivity contribution in [3.8, 4) is 0 Å². The Morgan fingerprint density at radius 1 is 1.24 bits per heavy atom. The predicted molar refractivity (Wildman–Crippen MR) is 77.6 cm³/mol. The highest BCUT2D eigenvalue weighted by atomic mass is 16.4. The first-order valence-corrected chi connectivity index (χ1v) is 7.40. The van der Waals surface area contributed by atoms with Crippen molar-refractivity contribution in [3.05, 3.63) is 35.4 Å². The van der Waals surface area contributed by atoms with Gasteiger partial charge in [0.2, 0.25) is 5.91 Å². The summed E-state index contributed by atoms with van der Waals surface area (Å²) in [6.07, 6.45) is 3.33. The highest BCUT2D eigenvalue weighted by Gasteiger charge is 2.42. The van der Waals surface area contributed by atoms with Gasteiger partial charge in [0.1, 0.15) is 0 Å². The topological polar surface area (TPSA) is 83.6 Å². The highest BCUT2D eigenvalue weighted by molar-refractivity contribution is 5.88. The van der Waals surface area contributed by atoms with Gasteiger partial charge in [-0.25, -0.2) is 0 Å². The van der Waals surface area contributed by atoms with Crippen LogP contribution in [-0.4, -0.2) is 34.0 Å². The van der Waals surface area contributed by atoms with Gasteiger partial charge >= 0.3 is 5.97 Å². The number of carbonyl (C=O) groups excluding carboxylic acids is 1. The highest BCUT2D eigenvalue weighted by Crippen LogP contribution is 2.33. The Kier molecular flexibility index (Phi) is 3.45. The number of nitrogens with two attached hydrogens (primary N) is 1. The number of aliphatic carboxylic acids is 1. The van der Waals surface area contributed by atoms with Crippen molar-refractivity contribution >= 4 is 11.9 Å². The molecule has 1 saturated carbocycles.